The van der Waals surface area contributed by atoms with Crippen LogP contribution in [0.5, 0.6) is 0 Å². The fraction of sp³-hybridized carbons (Fsp3) is 0.0192. The van der Waals surface area contributed by atoms with Gasteiger partial charge in [-0.2, -0.15) is 29.0 Å². The maximum Gasteiger partial charge on any atom is 0.416 e. The van der Waals surface area contributed by atoms with Gasteiger partial charge in [-0.05, 0) is 106 Å². The van der Waals surface area contributed by atoms with Gasteiger partial charge in [0.25, 0.3) is 0 Å². The highest BCUT2D eigenvalue weighted by molar-refractivity contribution is 6.12. The Hall–Kier alpha value is -8.38. The Morgan fingerprint density at radius 2 is 0.850 bits per heavy atom. The van der Waals surface area contributed by atoms with E-state index in [-0.39, 0.29) is 0 Å². The van der Waals surface area contributed by atoms with Crippen molar-refractivity contribution in [1.29, 1.82) is 15.8 Å². The number of hydrogen-bond acceptors (Lipinski definition) is 3. The zero-order valence-electron chi connectivity index (χ0n) is 31.5. The summed E-state index contributed by atoms with van der Waals surface area (Å²) in [7, 11) is 0. The van der Waals surface area contributed by atoms with Crippen LogP contribution in [0, 0.1) is 34.0 Å². The molecule has 5 nitrogen and oxygen atoms in total. The minimum absolute atomic E-state index is 0.314. The quantitative estimate of drug-likeness (QED) is 0.174. The van der Waals surface area contributed by atoms with Crippen LogP contribution < -0.4 is 0 Å². The summed E-state index contributed by atoms with van der Waals surface area (Å²) in [5.74, 6) is 0. The summed E-state index contributed by atoms with van der Waals surface area (Å²) < 4.78 is 46.7. The van der Waals surface area contributed by atoms with Crippen molar-refractivity contribution in [3.05, 3.63) is 192 Å². The molecule has 0 aliphatic rings. The predicted molar refractivity (Wildman–Crippen MR) is 231 cm³/mol. The molecular weight excluding hydrogens is 752 g/mol. The number of benzene rings is 8. The molecule has 0 spiro atoms. The van der Waals surface area contributed by atoms with Gasteiger partial charge in [0.15, 0.2) is 0 Å². The van der Waals surface area contributed by atoms with E-state index in [1.807, 2.05) is 130 Å². The zero-order valence-corrected chi connectivity index (χ0v) is 31.5. The first-order valence-electron chi connectivity index (χ1n) is 19.1. The van der Waals surface area contributed by atoms with E-state index in [1.165, 1.54) is 6.07 Å². The molecule has 2 heterocycles. The molecule has 2 aromatic heterocycles. The van der Waals surface area contributed by atoms with E-state index in [1.54, 1.807) is 30.3 Å². The number of fused-ring (bicyclic) bond motifs is 6. The van der Waals surface area contributed by atoms with Gasteiger partial charge < -0.3 is 9.13 Å². The number of nitriles is 3. The summed E-state index contributed by atoms with van der Waals surface area (Å²) in [6.45, 7) is 0. The highest BCUT2D eigenvalue weighted by atomic mass is 19.4. The fourth-order valence-corrected chi connectivity index (χ4v) is 8.59. The van der Waals surface area contributed by atoms with Crippen molar-refractivity contribution in [3.63, 3.8) is 0 Å². The van der Waals surface area contributed by atoms with E-state index in [4.69, 9.17) is 0 Å². The maximum absolute atomic E-state index is 14.2. The van der Waals surface area contributed by atoms with Crippen LogP contribution in [0.2, 0.25) is 0 Å². The van der Waals surface area contributed by atoms with Gasteiger partial charge in [0, 0.05) is 21.5 Å². The number of nitrogens with zero attached hydrogens (tertiary/aromatic N) is 5. The Balaban J connectivity index is 1.30. The Morgan fingerprint density at radius 1 is 0.383 bits per heavy atom. The lowest BCUT2D eigenvalue weighted by atomic mass is 9.97. The third kappa shape index (κ3) is 5.69. The van der Waals surface area contributed by atoms with E-state index < -0.39 is 11.7 Å². The van der Waals surface area contributed by atoms with Gasteiger partial charge in [-0.25, -0.2) is 0 Å². The van der Waals surface area contributed by atoms with Crippen LogP contribution in [0.3, 0.4) is 0 Å². The van der Waals surface area contributed by atoms with Gasteiger partial charge in [-0.15, -0.1) is 0 Å². The van der Waals surface area contributed by atoms with Crippen molar-refractivity contribution < 1.29 is 13.2 Å². The lowest BCUT2D eigenvalue weighted by Gasteiger charge is -2.19. The Labute approximate surface area is 341 Å². The standard InChI is InChI=1S/C52H28F3N5/c53-52(54,55)38-13-9-12-32(24-38)37-27-50(59-46-18-7-5-16-41(46)43-25-33(20-22-48(43)59)39-14-3-1-10-35(39)29-56)45(31-58)51(28-37)60-47-19-8-6-17-42(47)44-26-34(21-23-49(44)60)40-15-4-2-11-36(40)30-57/h1-28H. The van der Waals surface area contributed by atoms with Crippen LogP contribution in [0.25, 0.3) is 88.4 Å². The molecule has 0 fully saturated rings. The van der Waals surface area contributed by atoms with E-state index >= 15 is 0 Å². The summed E-state index contributed by atoms with van der Waals surface area (Å²) >= 11 is 0. The second-order valence-electron chi connectivity index (χ2n) is 14.6. The predicted octanol–water partition coefficient (Wildman–Crippen LogP) is 13.5. The number of alkyl halides is 3. The van der Waals surface area contributed by atoms with E-state index in [0.29, 0.717) is 39.2 Å². The highest BCUT2D eigenvalue weighted by Gasteiger charge is 2.31. The van der Waals surface area contributed by atoms with Crippen LogP contribution in [0.4, 0.5) is 13.2 Å². The topological polar surface area (TPSA) is 81.2 Å². The highest BCUT2D eigenvalue weighted by Crippen LogP contribution is 2.43. The number of halogens is 3. The van der Waals surface area contributed by atoms with Crippen LogP contribution in [-0.4, -0.2) is 9.13 Å². The molecule has 60 heavy (non-hydrogen) atoms. The van der Waals surface area contributed by atoms with Crippen molar-refractivity contribution >= 4 is 43.6 Å². The van der Waals surface area contributed by atoms with Crippen LogP contribution in [-0.2, 0) is 6.18 Å². The molecule has 0 saturated heterocycles. The molecule has 10 aromatic rings. The van der Waals surface area contributed by atoms with Crippen molar-refractivity contribution in [2.24, 2.45) is 0 Å². The summed E-state index contributed by atoms with van der Waals surface area (Å²) in [5, 5.41) is 34.7. The van der Waals surface area contributed by atoms with Crippen LogP contribution >= 0.6 is 0 Å². The molecule has 0 aliphatic heterocycles. The number of rotatable bonds is 5. The molecule has 10 rings (SSSR count). The number of aromatic nitrogens is 2. The van der Waals surface area contributed by atoms with Gasteiger partial charge in [-0.3, -0.25) is 0 Å². The molecule has 0 bridgehead atoms. The molecular formula is C52H28F3N5. The van der Waals surface area contributed by atoms with Crippen molar-refractivity contribution in [3.8, 4) is 63.0 Å². The largest absolute Gasteiger partial charge is 0.416 e. The maximum atomic E-state index is 14.2. The van der Waals surface area contributed by atoms with Gasteiger partial charge in [0.1, 0.15) is 11.6 Å². The Bertz CT molecular complexity index is 3330. The second kappa shape index (κ2) is 13.9. The van der Waals surface area contributed by atoms with Crippen LogP contribution in [0.15, 0.2) is 170 Å². The molecule has 0 saturated carbocycles. The first kappa shape index (κ1) is 36.0. The van der Waals surface area contributed by atoms with E-state index in [2.05, 4.69) is 18.2 Å². The molecule has 8 aromatic carbocycles. The van der Waals surface area contributed by atoms with Crippen LogP contribution in [0.1, 0.15) is 22.3 Å². The van der Waals surface area contributed by atoms with Gasteiger partial charge in [0.05, 0.1) is 62.3 Å². The first-order chi connectivity index (χ1) is 29.3. The average molecular weight is 780 g/mol. The average Bonchev–Trinajstić information content (AvgIpc) is 3.80. The molecule has 0 N–H and O–H groups in total. The van der Waals surface area contributed by atoms with Crippen molar-refractivity contribution in [2.75, 3.05) is 0 Å². The van der Waals surface area contributed by atoms with Gasteiger partial charge >= 0.3 is 6.18 Å². The molecule has 0 radical (unpaired) electrons. The molecule has 0 unspecified atom stereocenters. The number of para-hydroxylation sites is 2. The summed E-state index contributed by atoms with van der Waals surface area (Å²) in [4.78, 5) is 0. The van der Waals surface area contributed by atoms with Crippen molar-refractivity contribution in [1.82, 2.24) is 9.13 Å². The third-order valence-electron chi connectivity index (χ3n) is 11.3. The Kier molecular flexibility index (Phi) is 8.35. The summed E-state index contributed by atoms with van der Waals surface area (Å²) in [5.41, 5.74) is 8.84. The third-order valence-corrected chi connectivity index (χ3v) is 11.3. The lowest BCUT2D eigenvalue weighted by molar-refractivity contribution is -0.137. The molecule has 282 valence electrons. The molecule has 8 heteroatoms. The second-order valence-corrected chi connectivity index (χ2v) is 14.6. The van der Waals surface area contributed by atoms with E-state index in [9.17, 15) is 29.0 Å². The smallest absolute Gasteiger partial charge is 0.308 e. The van der Waals surface area contributed by atoms with Crippen molar-refractivity contribution in [2.45, 2.75) is 6.18 Å². The minimum atomic E-state index is -4.57. The SMILES string of the molecule is N#Cc1ccccc1-c1ccc2c(c1)c1ccccc1n2-c1cc(-c2cccc(C(F)(F)F)c2)cc(-n2c3ccccc3c3cc(-c4ccccc4C#N)ccc32)c1C#N. The Morgan fingerprint density at radius 3 is 1.33 bits per heavy atom. The van der Waals surface area contributed by atoms with E-state index in [0.717, 1.165) is 78.0 Å². The normalized spacial score (nSPS) is 11.5. The monoisotopic (exact) mass is 779 g/mol. The first-order valence-corrected chi connectivity index (χ1v) is 19.1. The summed E-state index contributed by atoms with van der Waals surface area (Å²) in [6, 6.07) is 58.4. The zero-order chi connectivity index (χ0) is 41.1. The number of hydrogen-bond donors (Lipinski definition) is 0. The fourth-order valence-electron chi connectivity index (χ4n) is 8.59. The lowest BCUT2D eigenvalue weighted by Crippen LogP contribution is -2.06. The summed E-state index contributed by atoms with van der Waals surface area (Å²) in [6.07, 6.45) is -4.57. The molecule has 0 aliphatic carbocycles. The van der Waals surface area contributed by atoms with Gasteiger partial charge in [-0.1, -0.05) is 97.1 Å². The molecule has 0 atom stereocenters. The molecule has 0 amide bonds. The van der Waals surface area contributed by atoms with Gasteiger partial charge in [0.2, 0.25) is 0 Å². The minimum Gasteiger partial charge on any atom is -0.308 e.